The SMILES string of the molecule is CCC(C)(OC)c1noc(COc2ccccc2N)n1. The van der Waals surface area contributed by atoms with E-state index in [1.54, 1.807) is 19.2 Å². The molecule has 2 N–H and O–H groups in total. The molecule has 6 heteroatoms. The Morgan fingerprint density at radius 1 is 1.35 bits per heavy atom. The number of aromatic nitrogens is 2. The summed E-state index contributed by atoms with van der Waals surface area (Å²) in [4.78, 5) is 4.30. The van der Waals surface area contributed by atoms with E-state index in [-0.39, 0.29) is 6.61 Å². The Hall–Kier alpha value is -2.08. The van der Waals surface area contributed by atoms with Gasteiger partial charge in [0.15, 0.2) is 6.61 Å². The van der Waals surface area contributed by atoms with Gasteiger partial charge >= 0.3 is 0 Å². The van der Waals surface area contributed by atoms with Crippen molar-refractivity contribution in [3.05, 3.63) is 36.0 Å². The highest BCUT2D eigenvalue weighted by Crippen LogP contribution is 2.26. The molecule has 0 aliphatic rings. The lowest BCUT2D eigenvalue weighted by Crippen LogP contribution is -2.24. The van der Waals surface area contributed by atoms with Crippen molar-refractivity contribution < 1.29 is 14.0 Å². The summed E-state index contributed by atoms with van der Waals surface area (Å²) in [6.45, 7) is 4.09. The molecule has 0 saturated carbocycles. The molecule has 0 aliphatic heterocycles. The topological polar surface area (TPSA) is 83.4 Å². The molecule has 1 heterocycles. The average molecular weight is 277 g/mol. The predicted octanol–water partition coefficient (Wildman–Crippen LogP) is 2.50. The van der Waals surface area contributed by atoms with E-state index in [2.05, 4.69) is 10.1 Å². The summed E-state index contributed by atoms with van der Waals surface area (Å²) in [6.07, 6.45) is 0.745. The Kier molecular flexibility index (Phi) is 4.24. The predicted molar refractivity (Wildman–Crippen MR) is 74.1 cm³/mol. The van der Waals surface area contributed by atoms with E-state index in [0.717, 1.165) is 6.42 Å². The van der Waals surface area contributed by atoms with Crippen LogP contribution >= 0.6 is 0 Å². The zero-order valence-corrected chi connectivity index (χ0v) is 11.9. The van der Waals surface area contributed by atoms with Gasteiger partial charge in [0.1, 0.15) is 11.4 Å². The Bertz CT molecular complexity index is 564. The van der Waals surface area contributed by atoms with Crippen LogP contribution in [-0.4, -0.2) is 17.3 Å². The first-order valence-electron chi connectivity index (χ1n) is 6.44. The molecular weight excluding hydrogens is 258 g/mol. The maximum atomic E-state index is 5.79. The van der Waals surface area contributed by atoms with Gasteiger partial charge in [0.25, 0.3) is 5.89 Å². The molecule has 1 aromatic carbocycles. The van der Waals surface area contributed by atoms with Crippen molar-refractivity contribution in [2.45, 2.75) is 32.5 Å². The number of nitrogen functional groups attached to an aromatic ring is 1. The Morgan fingerprint density at radius 2 is 2.10 bits per heavy atom. The third kappa shape index (κ3) is 2.91. The highest BCUT2D eigenvalue weighted by atomic mass is 16.5. The van der Waals surface area contributed by atoms with E-state index >= 15 is 0 Å². The standard InChI is InChI=1S/C14H19N3O3/c1-4-14(2,18-3)13-16-12(20-17-13)9-19-11-8-6-5-7-10(11)15/h5-8H,4,9,15H2,1-3H3. The summed E-state index contributed by atoms with van der Waals surface area (Å²) in [5, 5.41) is 3.94. The number of methoxy groups -OCH3 is 1. The molecule has 2 aromatic rings. The fraction of sp³-hybridized carbons (Fsp3) is 0.429. The van der Waals surface area contributed by atoms with Crippen LogP contribution in [0.5, 0.6) is 5.75 Å². The highest BCUT2D eigenvalue weighted by Gasteiger charge is 2.30. The fourth-order valence-corrected chi connectivity index (χ4v) is 1.67. The van der Waals surface area contributed by atoms with Gasteiger partial charge in [-0.3, -0.25) is 0 Å². The second kappa shape index (κ2) is 5.92. The molecule has 0 radical (unpaired) electrons. The molecule has 0 bridgehead atoms. The van der Waals surface area contributed by atoms with Crippen LogP contribution in [-0.2, 0) is 16.9 Å². The van der Waals surface area contributed by atoms with Crippen LogP contribution in [0.1, 0.15) is 32.0 Å². The lowest BCUT2D eigenvalue weighted by Gasteiger charge is -2.21. The van der Waals surface area contributed by atoms with Crippen LogP contribution in [0.25, 0.3) is 0 Å². The summed E-state index contributed by atoms with van der Waals surface area (Å²) < 4.78 is 16.1. The molecule has 0 saturated heterocycles. The van der Waals surface area contributed by atoms with Crippen molar-refractivity contribution in [2.24, 2.45) is 0 Å². The molecule has 0 amide bonds. The Labute approximate surface area is 117 Å². The van der Waals surface area contributed by atoms with Crippen LogP contribution in [0.2, 0.25) is 0 Å². The second-order valence-electron chi connectivity index (χ2n) is 4.63. The van der Waals surface area contributed by atoms with Crippen LogP contribution in [0.15, 0.2) is 28.8 Å². The molecular formula is C14H19N3O3. The molecule has 0 aliphatic carbocycles. The minimum absolute atomic E-state index is 0.171. The summed E-state index contributed by atoms with van der Waals surface area (Å²) >= 11 is 0. The van der Waals surface area contributed by atoms with E-state index < -0.39 is 5.60 Å². The van der Waals surface area contributed by atoms with Crippen molar-refractivity contribution in [1.29, 1.82) is 0 Å². The van der Waals surface area contributed by atoms with Crippen molar-refractivity contribution in [3.63, 3.8) is 0 Å². The van der Waals surface area contributed by atoms with Gasteiger partial charge in [-0.1, -0.05) is 24.2 Å². The van der Waals surface area contributed by atoms with Gasteiger partial charge in [0, 0.05) is 7.11 Å². The van der Waals surface area contributed by atoms with E-state index in [1.807, 2.05) is 26.0 Å². The van der Waals surface area contributed by atoms with Crippen molar-refractivity contribution in [2.75, 3.05) is 12.8 Å². The highest BCUT2D eigenvalue weighted by molar-refractivity contribution is 5.51. The third-order valence-electron chi connectivity index (χ3n) is 3.34. The molecule has 6 nitrogen and oxygen atoms in total. The van der Waals surface area contributed by atoms with E-state index in [0.29, 0.717) is 23.2 Å². The summed E-state index contributed by atoms with van der Waals surface area (Å²) in [6, 6.07) is 7.26. The van der Waals surface area contributed by atoms with E-state index in [9.17, 15) is 0 Å². The maximum Gasteiger partial charge on any atom is 0.264 e. The van der Waals surface area contributed by atoms with Crippen molar-refractivity contribution in [1.82, 2.24) is 10.1 Å². The van der Waals surface area contributed by atoms with Crippen molar-refractivity contribution in [3.8, 4) is 5.75 Å². The van der Waals surface area contributed by atoms with Crippen LogP contribution in [0.3, 0.4) is 0 Å². The first kappa shape index (κ1) is 14.3. The van der Waals surface area contributed by atoms with Crippen LogP contribution in [0.4, 0.5) is 5.69 Å². The molecule has 0 spiro atoms. The average Bonchev–Trinajstić information content (AvgIpc) is 2.95. The smallest absolute Gasteiger partial charge is 0.264 e. The quantitative estimate of drug-likeness (QED) is 0.817. The number of nitrogens with zero attached hydrogens (tertiary/aromatic N) is 2. The summed E-state index contributed by atoms with van der Waals surface area (Å²) in [5.41, 5.74) is 5.81. The number of hydrogen-bond donors (Lipinski definition) is 1. The number of para-hydroxylation sites is 2. The normalized spacial score (nSPS) is 13.9. The fourth-order valence-electron chi connectivity index (χ4n) is 1.67. The minimum Gasteiger partial charge on any atom is -0.482 e. The lowest BCUT2D eigenvalue weighted by atomic mass is 10.0. The molecule has 1 atom stereocenters. The van der Waals surface area contributed by atoms with Gasteiger partial charge in [-0.15, -0.1) is 0 Å². The van der Waals surface area contributed by atoms with Gasteiger partial charge in [-0.2, -0.15) is 4.98 Å². The first-order chi connectivity index (χ1) is 9.59. The minimum atomic E-state index is -0.548. The van der Waals surface area contributed by atoms with Crippen molar-refractivity contribution >= 4 is 5.69 Å². The molecule has 108 valence electrons. The number of nitrogens with two attached hydrogens (primary N) is 1. The largest absolute Gasteiger partial charge is 0.482 e. The number of anilines is 1. The summed E-state index contributed by atoms with van der Waals surface area (Å²) in [7, 11) is 1.63. The molecule has 1 unspecified atom stereocenters. The Balaban J connectivity index is 2.05. The maximum absolute atomic E-state index is 5.79. The Morgan fingerprint density at radius 3 is 2.75 bits per heavy atom. The van der Waals surface area contributed by atoms with Gasteiger partial charge < -0.3 is 19.7 Å². The molecule has 20 heavy (non-hydrogen) atoms. The van der Waals surface area contributed by atoms with Gasteiger partial charge in [-0.05, 0) is 25.5 Å². The van der Waals surface area contributed by atoms with Crippen LogP contribution in [0, 0.1) is 0 Å². The van der Waals surface area contributed by atoms with E-state index in [1.165, 1.54) is 0 Å². The zero-order chi connectivity index (χ0) is 14.6. The zero-order valence-electron chi connectivity index (χ0n) is 11.9. The van der Waals surface area contributed by atoms with E-state index in [4.69, 9.17) is 19.7 Å². The number of ether oxygens (including phenoxy) is 2. The first-order valence-corrected chi connectivity index (χ1v) is 6.44. The number of rotatable bonds is 6. The monoisotopic (exact) mass is 277 g/mol. The van der Waals surface area contributed by atoms with Crippen LogP contribution < -0.4 is 10.5 Å². The number of hydrogen-bond acceptors (Lipinski definition) is 6. The van der Waals surface area contributed by atoms with Gasteiger partial charge in [0.2, 0.25) is 5.82 Å². The lowest BCUT2D eigenvalue weighted by molar-refractivity contribution is -0.0106. The number of benzene rings is 1. The third-order valence-corrected chi connectivity index (χ3v) is 3.34. The second-order valence-corrected chi connectivity index (χ2v) is 4.63. The molecule has 2 rings (SSSR count). The van der Waals surface area contributed by atoms with Gasteiger partial charge in [0.05, 0.1) is 5.69 Å². The molecule has 0 fully saturated rings. The summed E-state index contributed by atoms with van der Waals surface area (Å²) in [5.74, 6) is 1.50. The van der Waals surface area contributed by atoms with Gasteiger partial charge in [-0.25, -0.2) is 0 Å². The molecule has 1 aromatic heterocycles.